The van der Waals surface area contributed by atoms with Crippen LogP contribution in [0.4, 0.5) is 0 Å². The van der Waals surface area contributed by atoms with Crippen LogP contribution < -0.4 is 10.9 Å². The Bertz CT molecular complexity index is 608. The van der Waals surface area contributed by atoms with Gasteiger partial charge in [-0.15, -0.1) is 0 Å². The second-order valence-electron chi connectivity index (χ2n) is 4.55. The minimum Gasteiger partial charge on any atom is -0.355 e. The first-order chi connectivity index (χ1) is 10.2. The molecular weight excluding hydrogens is 270 g/mol. The summed E-state index contributed by atoms with van der Waals surface area (Å²) in [4.78, 5) is 23.2. The Labute approximate surface area is 122 Å². The topological polar surface area (TPSA) is 84.2 Å². The molecule has 21 heavy (non-hydrogen) atoms. The molecule has 0 radical (unpaired) electrons. The van der Waals surface area contributed by atoms with Crippen molar-refractivity contribution in [3.63, 3.8) is 0 Å². The van der Waals surface area contributed by atoms with Crippen molar-refractivity contribution < 1.29 is 14.1 Å². The highest BCUT2D eigenvalue weighted by Gasteiger charge is 2.14. The first-order valence-corrected chi connectivity index (χ1v) is 6.82. The van der Waals surface area contributed by atoms with Crippen molar-refractivity contribution in [3.05, 3.63) is 42.1 Å². The van der Waals surface area contributed by atoms with Crippen LogP contribution in [0.3, 0.4) is 0 Å². The minimum absolute atomic E-state index is 0.115. The minimum atomic E-state index is -0.509. The number of carbonyl (C=O) groups is 2. The summed E-state index contributed by atoms with van der Waals surface area (Å²) in [5, 5.41) is 3.69. The Kier molecular flexibility index (Phi) is 5.09. The van der Waals surface area contributed by atoms with E-state index in [1.54, 1.807) is 0 Å². The zero-order valence-corrected chi connectivity index (χ0v) is 11.8. The van der Waals surface area contributed by atoms with Crippen LogP contribution in [0.1, 0.15) is 36.7 Å². The molecule has 1 heterocycles. The molecule has 0 unspecified atom stereocenters. The summed E-state index contributed by atoms with van der Waals surface area (Å²) >= 11 is 0. The fraction of sp³-hybridized carbons (Fsp3) is 0.267. The molecule has 2 aromatic rings. The summed E-state index contributed by atoms with van der Waals surface area (Å²) in [6.07, 6.45) is 2.08. The van der Waals surface area contributed by atoms with Gasteiger partial charge >= 0.3 is 0 Å². The normalized spacial score (nSPS) is 10.1. The summed E-state index contributed by atoms with van der Waals surface area (Å²) in [5.41, 5.74) is 5.60. The molecule has 0 aliphatic carbocycles. The second-order valence-corrected chi connectivity index (χ2v) is 4.55. The summed E-state index contributed by atoms with van der Waals surface area (Å²) in [6.45, 7) is 1.99. The number of carbonyl (C=O) groups excluding carboxylic acids is 2. The molecule has 1 aromatic heterocycles. The monoisotopic (exact) mass is 287 g/mol. The number of hydrogen-bond acceptors (Lipinski definition) is 4. The van der Waals surface area contributed by atoms with E-state index in [0.717, 1.165) is 18.4 Å². The quantitative estimate of drug-likeness (QED) is 0.826. The Balaban J connectivity index is 1.92. The SMILES string of the molecule is CCCCC(=O)NNC(=O)c1cc(-c2ccccc2)on1. The lowest BCUT2D eigenvalue weighted by atomic mass is 10.1. The van der Waals surface area contributed by atoms with Gasteiger partial charge in [-0.05, 0) is 6.42 Å². The van der Waals surface area contributed by atoms with E-state index < -0.39 is 5.91 Å². The van der Waals surface area contributed by atoms with Crippen molar-refractivity contribution in [2.75, 3.05) is 0 Å². The van der Waals surface area contributed by atoms with Crippen LogP contribution in [0, 0.1) is 0 Å². The number of benzene rings is 1. The van der Waals surface area contributed by atoms with Crippen LogP contribution >= 0.6 is 0 Å². The van der Waals surface area contributed by atoms with E-state index in [4.69, 9.17) is 4.52 Å². The first-order valence-electron chi connectivity index (χ1n) is 6.82. The van der Waals surface area contributed by atoms with Crippen molar-refractivity contribution in [1.82, 2.24) is 16.0 Å². The highest BCUT2D eigenvalue weighted by molar-refractivity contribution is 5.94. The molecule has 0 saturated carbocycles. The number of aromatic nitrogens is 1. The molecule has 0 aliphatic heterocycles. The maximum absolute atomic E-state index is 11.8. The van der Waals surface area contributed by atoms with Crippen LogP contribution in [0.2, 0.25) is 0 Å². The largest absolute Gasteiger partial charge is 0.355 e. The zero-order chi connectivity index (χ0) is 15.1. The van der Waals surface area contributed by atoms with E-state index in [1.807, 2.05) is 37.3 Å². The molecule has 0 spiro atoms. The van der Waals surface area contributed by atoms with Gasteiger partial charge < -0.3 is 4.52 Å². The predicted molar refractivity (Wildman–Crippen MR) is 77.1 cm³/mol. The van der Waals surface area contributed by atoms with Gasteiger partial charge in [0.15, 0.2) is 11.5 Å². The second kappa shape index (κ2) is 7.23. The average Bonchev–Trinajstić information content (AvgIpc) is 3.01. The Morgan fingerprint density at radius 3 is 2.67 bits per heavy atom. The molecule has 0 saturated heterocycles. The van der Waals surface area contributed by atoms with Gasteiger partial charge in [0.05, 0.1) is 0 Å². The number of hydrogen-bond donors (Lipinski definition) is 2. The molecule has 6 heteroatoms. The summed E-state index contributed by atoms with van der Waals surface area (Å²) in [5.74, 6) is -0.235. The standard InChI is InChI=1S/C15H17N3O3/c1-2-3-9-14(19)16-17-15(20)12-10-13(21-18-12)11-7-5-4-6-8-11/h4-8,10H,2-3,9H2,1H3,(H,16,19)(H,17,20). The fourth-order valence-corrected chi connectivity index (χ4v) is 1.71. The zero-order valence-electron chi connectivity index (χ0n) is 11.8. The molecule has 1 aromatic carbocycles. The van der Waals surface area contributed by atoms with Crippen LogP contribution in [-0.4, -0.2) is 17.0 Å². The fourth-order valence-electron chi connectivity index (χ4n) is 1.71. The molecular formula is C15H17N3O3. The van der Waals surface area contributed by atoms with Crippen molar-refractivity contribution in [3.8, 4) is 11.3 Å². The van der Waals surface area contributed by atoms with Crippen molar-refractivity contribution in [2.45, 2.75) is 26.2 Å². The van der Waals surface area contributed by atoms with Crippen molar-refractivity contribution in [2.24, 2.45) is 0 Å². The highest BCUT2D eigenvalue weighted by Crippen LogP contribution is 2.19. The van der Waals surface area contributed by atoms with Crippen LogP contribution in [0.25, 0.3) is 11.3 Å². The third kappa shape index (κ3) is 4.17. The lowest BCUT2D eigenvalue weighted by molar-refractivity contribution is -0.121. The van der Waals surface area contributed by atoms with E-state index in [0.29, 0.717) is 12.2 Å². The van der Waals surface area contributed by atoms with Gasteiger partial charge in [0.1, 0.15) is 0 Å². The molecule has 110 valence electrons. The third-order valence-corrected chi connectivity index (χ3v) is 2.87. The molecule has 0 bridgehead atoms. The van der Waals surface area contributed by atoms with Gasteiger partial charge in [0, 0.05) is 18.1 Å². The van der Waals surface area contributed by atoms with Gasteiger partial charge in [-0.3, -0.25) is 20.4 Å². The average molecular weight is 287 g/mol. The van der Waals surface area contributed by atoms with Crippen LogP contribution in [0.15, 0.2) is 40.9 Å². The van der Waals surface area contributed by atoms with E-state index in [-0.39, 0.29) is 11.6 Å². The first kappa shape index (κ1) is 14.8. The predicted octanol–water partition coefficient (Wildman–Crippen LogP) is 2.29. The molecule has 0 fully saturated rings. The molecule has 6 nitrogen and oxygen atoms in total. The molecule has 0 aliphatic rings. The number of hydrazine groups is 1. The maximum Gasteiger partial charge on any atom is 0.291 e. The Morgan fingerprint density at radius 2 is 1.95 bits per heavy atom. The van der Waals surface area contributed by atoms with Crippen molar-refractivity contribution >= 4 is 11.8 Å². The summed E-state index contributed by atoms with van der Waals surface area (Å²) < 4.78 is 5.12. The molecule has 2 rings (SSSR count). The summed E-state index contributed by atoms with van der Waals surface area (Å²) in [6, 6.07) is 10.9. The van der Waals surface area contributed by atoms with E-state index in [1.165, 1.54) is 6.07 Å². The number of rotatable bonds is 5. The lowest BCUT2D eigenvalue weighted by Crippen LogP contribution is -2.41. The summed E-state index contributed by atoms with van der Waals surface area (Å²) in [7, 11) is 0. The van der Waals surface area contributed by atoms with Gasteiger partial charge in [-0.1, -0.05) is 48.8 Å². The smallest absolute Gasteiger partial charge is 0.291 e. The van der Waals surface area contributed by atoms with Crippen molar-refractivity contribution in [1.29, 1.82) is 0 Å². The third-order valence-electron chi connectivity index (χ3n) is 2.87. The van der Waals surface area contributed by atoms with Gasteiger partial charge in [0.25, 0.3) is 5.91 Å². The number of amides is 2. The number of nitrogens with zero attached hydrogens (tertiary/aromatic N) is 1. The Hall–Kier alpha value is -2.63. The number of unbranched alkanes of at least 4 members (excludes halogenated alkanes) is 1. The molecule has 2 N–H and O–H groups in total. The lowest BCUT2D eigenvalue weighted by Gasteiger charge is -2.04. The van der Waals surface area contributed by atoms with E-state index in [9.17, 15) is 9.59 Å². The van der Waals surface area contributed by atoms with Gasteiger partial charge in [0.2, 0.25) is 5.91 Å². The van der Waals surface area contributed by atoms with E-state index in [2.05, 4.69) is 16.0 Å². The molecule has 0 atom stereocenters. The van der Waals surface area contributed by atoms with Crippen LogP contribution in [0.5, 0.6) is 0 Å². The maximum atomic E-state index is 11.8. The van der Waals surface area contributed by atoms with Gasteiger partial charge in [-0.25, -0.2) is 0 Å². The van der Waals surface area contributed by atoms with E-state index >= 15 is 0 Å². The Morgan fingerprint density at radius 1 is 1.19 bits per heavy atom. The number of nitrogens with one attached hydrogen (secondary N) is 2. The van der Waals surface area contributed by atoms with Crippen LogP contribution in [-0.2, 0) is 4.79 Å². The van der Waals surface area contributed by atoms with Gasteiger partial charge in [-0.2, -0.15) is 0 Å². The molecule has 2 amide bonds. The highest BCUT2D eigenvalue weighted by atomic mass is 16.5.